The zero-order valence-corrected chi connectivity index (χ0v) is 17.5. The molecule has 0 aliphatic rings. The van der Waals surface area contributed by atoms with Gasteiger partial charge in [-0.25, -0.2) is 0 Å². The summed E-state index contributed by atoms with van der Waals surface area (Å²) in [7, 11) is 3.07. The van der Waals surface area contributed by atoms with E-state index in [2.05, 4.69) is 37.2 Å². The van der Waals surface area contributed by atoms with Crippen molar-refractivity contribution in [2.75, 3.05) is 26.0 Å². The number of nitrogens with zero attached hydrogens (tertiary/aromatic N) is 1. The van der Waals surface area contributed by atoms with Crippen LogP contribution in [0.3, 0.4) is 0 Å². The minimum absolute atomic E-state index is 0.0956. The summed E-state index contributed by atoms with van der Waals surface area (Å²) in [4.78, 5) is 26.4. The fourth-order valence-corrected chi connectivity index (χ4v) is 4.10. The number of carbonyl (C=O) groups excluding carboxylic acids is 2. The Morgan fingerprint density at radius 2 is 2.04 bits per heavy atom. The van der Waals surface area contributed by atoms with Gasteiger partial charge in [-0.15, -0.1) is 11.3 Å². The molecule has 0 fully saturated rings. The van der Waals surface area contributed by atoms with Crippen molar-refractivity contribution >= 4 is 72.3 Å². The van der Waals surface area contributed by atoms with E-state index in [0.717, 1.165) is 8.26 Å². The highest BCUT2D eigenvalue weighted by molar-refractivity contribution is 9.13. The molecule has 9 heteroatoms. The van der Waals surface area contributed by atoms with E-state index in [1.807, 2.05) is 0 Å². The lowest BCUT2D eigenvalue weighted by Gasteiger charge is -2.17. The molecule has 0 aliphatic carbocycles. The van der Waals surface area contributed by atoms with Crippen LogP contribution in [0.1, 0.15) is 9.67 Å². The number of hydrogen-bond donors (Lipinski definition) is 1. The van der Waals surface area contributed by atoms with Gasteiger partial charge >= 0.3 is 0 Å². The first-order valence-electron chi connectivity index (χ1n) is 6.65. The maximum atomic E-state index is 12.3. The fourth-order valence-electron chi connectivity index (χ4n) is 1.89. The number of nitrogens with one attached hydrogen (secondary N) is 1. The lowest BCUT2D eigenvalue weighted by Crippen LogP contribution is -2.34. The van der Waals surface area contributed by atoms with E-state index in [0.29, 0.717) is 21.3 Å². The molecular weight excluding hydrogens is 484 g/mol. The average Bonchev–Trinajstić information content (AvgIpc) is 2.86. The molecule has 5 nitrogen and oxygen atoms in total. The number of halogens is 3. The predicted molar refractivity (Wildman–Crippen MR) is 103 cm³/mol. The number of carbonyl (C=O) groups is 2. The molecule has 1 aromatic heterocycles. The van der Waals surface area contributed by atoms with Crippen molar-refractivity contribution in [3.63, 3.8) is 0 Å². The number of likely N-dealkylation sites (N-methyl/N-ethyl adjacent to an activating group) is 1. The monoisotopic (exact) mass is 494 g/mol. The van der Waals surface area contributed by atoms with Crippen molar-refractivity contribution in [3.05, 3.63) is 42.4 Å². The van der Waals surface area contributed by atoms with Crippen LogP contribution in [-0.4, -0.2) is 37.4 Å². The van der Waals surface area contributed by atoms with E-state index in [9.17, 15) is 9.59 Å². The van der Waals surface area contributed by atoms with E-state index >= 15 is 0 Å². The SMILES string of the molecule is COc1ccc(Cl)cc1NC(=O)CN(C)C(=O)c1cc(Br)c(Br)s1. The number of methoxy groups -OCH3 is 1. The van der Waals surface area contributed by atoms with Crippen molar-refractivity contribution < 1.29 is 14.3 Å². The molecule has 2 rings (SSSR count). The molecule has 0 saturated heterocycles. The van der Waals surface area contributed by atoms with Crippen LogP contribution in [0.25, 0.3) is 0 Å². The van der Waals surface area contributed by atoms with Gasteiger partial charge in [-0.1, -0.05) is 11.6 Å². The van der Waals surface area contributed by atoms with Gasteiger partial charge in [0.15, 0.2) is 0 Å². The van der Waals surface area contributed by atoms with Gasteiger partial charge in [0.25, 0.3) is 5.91 Å². The third-order valence-electron chi connectivity index (χ3n) is 3.02. The molecule has 0 aliphatic heterocycles. The first-order chi connectivity index (χ1) is 11.3. The van der Waals surface area contributed by atoms with Crippen LogP contribution in [0.5, 0.6) is 5.75 Å². The van der Waals surface area contributed by atoms with Gasteiger partial charge in [-0.3, -0.25) is 9.59 Å². The van der Waals surface area contributed by atoms with Crippen LogP contribution in [0.15, 0.2) is 32.5 Å². The third kappa shape index (κ3) is 4.72. The zero-order chi connectivity index (χ0) is 17.9. The normalized spacial score (nSPS) is 10.4. The highest BCUT2D eigenvalue weighted by Gasteiger charge is 2.19. The summed E-state index contributed by atoms with van der Waals surface area (Å²) >= 11 is 13.9. The number of hydrogen-bond acceptors (Lipinski definition) is 4. The van der Waals surface area contributed by atoms with Gasteiger partial charge in [0.05, 0.1) is 28.0 Å². The van der Waals surface area contributed by atoms with E-state index in [1.54, 1.807) is 31.3 Å². The summed E-state index contributed by atoms with van der Waals surface area (Å²) in [6.07, 6.45) is 0. The summed E-state index contributed by atoms with van der Waals surface area (Å²) in [5, 5.41) is 3.17. The van der Waals surface area contributed by atoms with Crippen molar-refractivity contribution in [2.45, 2.75) is 0 Å². The zero-order valence-electron chi connectivity index (χ0n) is 12.7. The van der Waals surface area contributed by atoms with E-state index in [4.69, 9.17) is 16.3 Å². The standard InChI is InChI=1S/C15H13Br2ClN2O3S/c1-20(15(22)12-6-9(16)14(17)24-12)7-13(21)19-10-5-8(18)3-4-11(10)23-2/h3-6H,7H2,1-2H3,(H,19,21). The molecule has 24 heavy (non-hydrogen) atoms. The van der Waals surface area contributed by atoms with E-state index < -0.39 is 0 Å². The maximum Gasteiger partial charge on any atom is 0.264 e. The number of benzene rings is 1. The quantitative estimate of drug-likeness (QED) is 0.656. The third-order valence-corrected chi connectivity index (χ3v) is 6.50. The number of ether oxygens (including phenoxy) is 1. The first kappa shape index (κ1) is 19.2. The molecule has 2 amide bonds. The maximum absolute atomic E-state index is 12.3. The van der Waals surface area contributed by atoms with Crippen molar-refractivity contribution in [1.29, 1.82) is 0 Å². The number of amides is 2. The Hall–Kier alpha value is -1.09. The van der Waals surface area contributed by atoms with Crippen LogP contribution in [-0.2, 0) is 4.79 Å². The van der Waals surface area contributed by atoms with Crippen LogP contribution < -0.4 is 10.1 Å². The number of rotatable bonds is 5. The van der Waals surface area contributed by atoms with Gasteiger partial charge in [0.1, 0.15) is 5.75 Å². The predicted octanol–water partition coefficient (Wildman–Crippen LogP) is 4.65. The van der Waals surface area contributed by atoms with Crippen molar-refractivity contribution in [2.24, 2.45) is 0 Å². The van der Waals surface area contributed by atoms with Gasteiger partial charge < -0.3 is 15.0 Å². The molecule has 0 atom stereocenters. The summed E-state index contributed by atoms with van der Waals surface area (Å²) in [5.74, 6) is -0.0893. The molecule has 1 heterocycles. The lowest BCUT2D eigenvalue weighted by atomic mass is 10.3. The molecule has 128 valence electrons. The molecule has 0 spiro atoms. The van der Waals surface area contributed by atoms with E-state index in [-0.39, 0.29) is 18.4 Å². The van der Waals surface area contributed by atoms with Crippen molar-refractivity contribution in [3.8, 4) is 5.75 Å². The van der Waals surface area contributed by atoms with E-state index in [1.165, 1.54) is 23.3 Å². The molecular formula is C15H13Br2ClN2O3S. The van der Waals surface area contributed by atoms with Gasteiger partial charge in [0, 0.05) is 16.5 Å². The van der Waals surface area contributed by atoms with Gasteiger partial charge in [-0.05, 0) is 56.1 Å². The number of thiophene rings is 1. The Morgan fingerprint density at radius 1 is 1.33 bits per heavy atom. The average molecular weight is 497 g/mol. The first-order valence-corrected chi connectivity index (χ1v) is 9.43. The highest BCUT2D eigenvalue weighted by Crippen LogP contribution is 2.33. The summed E-state index contributed by atoms with van der Waals surface area (Å²) in [6, 6.07) is 6.63. The smallest absolute Gasteiger partial charge is 0.264 e. The summed E-state index contributed by atoms with van der Waals surface area (Å²) in [6.45, 7) is -0.0956. The minimum atomic E-state index is -0.346. The molecule has 0 unspecified atom stereocenters. The summed E-state index contributed by atoms with van der Waals surface area (Å²) in [5.41, 5.74) is 0.456. The van der Waals surface area contributed by atoms with Crippen LogP contribution in [0, 0.1) is 0 Å². The highest BCUT2D eigenvalue weighted by atomic mass is 79.9. The minimum Gasteiger partial charge on any atom is -0.495 e. The molecule has 0 saturated carbocycles. The Labute approximate surface area is 165 Å². The van der Waals surface area contributed by atoms with Crippen LogP contribution >= 0.6 is 54.8 Å². The van der Waals surface area contributed by atoms with Crippen LogP contribution in [0.4, 0.5) is 5.69 Å². The van der Waals surface area contributed by atoms with Crippen LogP contribution in [0.2, 0.25) is 5.02 Å². The Morgan fingerprint density at radius 3 is 2.62 bits per heavy atom. The van der Waals surface area contributed by atoms with Crippen molar-refractivity contribution in [1.82, 2.24) is 4.90 Å². The second-order valence-electron chi connectivity index (χ2n) is 4.79. The number of anilines is 1. The second-order valence-corrected chi connectivity index (χ2v) is 8.45. The van der Waals surface area contributed by atoms with Gasteiger partial charge in [0.2, 0.25) is 5.91 Å². The molecule has 1 N–H and O–H groups in total. The molecule has 0 radical (unpaired) electrons. The topological polar surface area (TPSA) is 58.6 Å². The lowest BCUT2D eigenvalue weighted by molar-refractivity contribution is -0.116. The molecule has 1 aromatic carbocycles. The molecule has 0 bridgehead atoms. The Balaban J connectivity index is 2.04. The summed E-state index contributed by atoms with van der Waals surface area (Å²) < 4.78 is 6.81. The van der Waals surface area contributed by atoms with Gasteiger partial charge in [-0.2, -0.15) is 0 Å². The molecule has 2 aromatic rings. The Kier molecular flexibility index (Phi) is 6.68. The largest absolute Gasteiger partial charge is 0.495 e. The fraction of sp³-hybridized carbons (Fsp3) is 0.200. The second kappa shape index (κ2) is 8.33. The Bertz CT molecular complexity index is 763.